The fourth-order valence-corrected chi connectivity index (χ4v) is 2.58. The first kappa shape index (κ1) is 15.5. The van der Waals surface area contributed by atoms with Crippen LogP contribution in [0, 0.1) is 6.92 Å². The van der Waals surface area contributed by atoms with E-state index in [1.165, 1.54) is 12.1 Å². The molecule has 0 saturated carbocycles. The molecule has 118 valence electrons. The Hall–Kier alpha value is -2.40. The lowest BCUT2D eigenvalue weighted by atomic mass is 9.99. The number of aliphatic hydroxyl groups is 1. The summed E-state index contributed by atoms with van der Waals surface area (Å²) in [6.07, 6.45) is -5.40. The Morgan fingerprint density at radius 3 is 2.17 bits per heavy atom. The number of rotatable bonds is 2. The Labute approximate surface area is 131 Å². The van der Waals surface area contributed by atoms with E-state index in [0.717, 1.165) is 16.3 Å². The third-order valence-electron chi connectivity index (χ3n) is 3.80. The van der Waals surface area contributed by atoms with Crippen LogP contribution < -0.4 is 0 Å². The lowest BCUT2D eigenvalue weighted by Gasteiger charge is -2.15. The number of hydrogen-bond acceptors (Lipinski definition) is 2. The van der Waals surface area contributed by atoms with Crippen molar-refractivity contribution in [2.75, 3.05) is 0 Å². The van der Waals surface area contributed by atoms with Crippen molar-refractivity contribution in [1.82, 2.24) is 4.98 Å². The maximum absolute atomic E-state index is 12.5. The van der Waals surface area contributed by atoms with Gasteiger partial charge in [-0.2, -0.15) is 13.2 Å². The van der Waals surface area contributed by atoms with Crippen LogP contribution in [0.3, 0.4) is 0 Å². The van der Waals surface area contributed by atoms with E-state index in [-0.39, 0.29) is 5.56 Å². The molecule has 2 aromatic carbocycles. The molecule has 23 heavy (non-hydrogen) atoms. The highest BCUT2D eigenvalue weighted by Crippen LogP contribution is 2.34. The normalized spacial score (nSPS) is 13.3. The molecule has 3 aromatic rings. The van der Waals surface area contributed by atoms with E-state index in [1.54, 1.807) is 18.3 Å². The first-order valence-corrected chi connectivity index (χ1v) is 7.07. The standard InChI is InChI=1S/C18H14F3NO/c1-11-10-22-16(15-5-3-2-4-14(11)15)12-6-8-13(9-7-12)17(23)18(19,20)21/h2-10,17,23H,1H3. The molecule has 0 bridgehead atoms. The number of halogens is 3. The van der Waals surface area contributed by atoms with E-state index < -0.39 is 12.3 Å². The molecule has 1 unspecified atom stereocenters. The number of pyridine rings is 1. The molecular weight excluding hydrogens is 303 g/mol. The van der Waals surface area contributed by atoms with Gasteiger partial charge in [0.1, 0.15) is 0 Å². The maximum Gasteiger partial charge on any atom is 0.418 e. The molecular formula is C18H14F3NO. The zero-order valence-corrected chi connectivity index (χ0v) is 12.3. The Morgan fingerprint density at radius 1 is 0.957 bits per heavy atom. The Morgan fingerprint density at radius 2 is 1.57 bits per heavy atom. The van der Waals surface area contributed by atoms with Crippen LogP contribution >= 0.6 is 0 Å². The number of alkyl halides is 3. The molecule has 1 N–H and O–H groups in total. The highest BCUT2D eigenvalue weighted by atomic mass is 19.4. The van der Waals surface area contributed by atoms with E-state index in [2.05, 4.69) is 4.98 Å². The first-order chi connectivity index (χ1) is 10.9. The minimum atomic E-state index is -4.67. The van der Waals surface area contributed by atoms with Crippen LogP contribution in [0.5, 0.6) is 0 Å². The number of hydrogen-bond donors (Lipinski definition) is 1. The van der Waals surface area contributed by atoms with E-state index in [9.17, 15) is 18.3 Å². The van der Waals surface area contributed by atoms with E-state index >= 15 is 0 Å². The number of aromatic nitrogens is 1. The Balaban J connectivity index is 2.05. The average Bonchev–Trinajstić information content (AvgIpc) is 2.54. The maximum atomic E-state index is 12.5. The van der Waals surface area contributed by atoms with Gasteiger partial charge in [0.05, 0.1) is 5.69 Å². The molecule has 0 fully saturated rings. The molecule has 1 atom stereocenters. The summed E-state index contributed by atoms with van der Waals surface area (Å²) in [6, 6.07) is 13.4. The summed E-state index contributed by atoms with van der Waals surface area (Å²) in [5.74, 6) is 0. The van der Waals surface area contributed by atoms with Crippen molar-refractivity contribution in [1.29, 1.82) is 0 Å². The van der Waals surface area contributed by atoms with Gasteiger partial charge in [0.25, 0.3) is 0 Å². The van der Waals surface area contributed by atoms with Crippen molar-refractivity contribution < 1.29 is 18.3 Å². The van der Waals surface area contributed by atoms with Crippen LogP contribution in [-0.2, 0) is 0 Å². The van der Waals surface area contributed by atoms with Crippen LogP contribution in [-0.4, -0.2) is 16.3 Å². The number of benzene rings is 2. The fraction of sp³-hybridized carbons (Fsp3) is 0.167. The molecule has 0 saturated heterocycles. The fourth-order valence-electron chi connectivity index (χ4n) is 2.58. The van der Waals surface area contributed by atoms with Gasteiger partial charge in [-0.3, -0.25) is 4.98 Å². The van der Waals surface area contributed by atoms with Crippen LogP contribution in [0.25, 0.3) is 22.0 Å². The molecule has 0 spiro atoms. The zero-order valence-electron chi connectivity index (χ0n) is 12.3. The summed E-state index contributed by atoms with van der Waals surface area (Å²) in [5, 5.41) is 11.3. The van der Waals surface area contributed by atoms with Crippen molar-refractivity contribution in [2.24, 2.45) is 0 Å². The van der Waals surface area contributed by atoms with Gasteiger partial charge >= 0.3 is 6.18 Å². The van der Waals surface area contributed by atoms with Crippen molar-refractivity contribution in [2.45, 2.75) is 19.2 Å². The molecule has 0 aliphatic rings. The summed E-state index contributed by atoms with van der Waals surface area (Å²) in [4.78, 5) is 4.42. The van der Waals surface area contributed by atoms with E-state index in [0.29, 0.717) is 11.3 Å². The second-order valence-electron chi connectivity index (χ2n) is 5.40. The SMILES string of the molecule is Cc1cnc(-c2ccc(C(O)C(F)(F)F)cc2)c2ccccc12. The summed E-state index contributed by atoms with van der Waals surface area (Å²) in [7, 11) is 0. The van der Waals surface area contributed by atoms with Gasteiger partial charge < -0.3 is 5.11 Å². The van der Waals surface area contributed by atoms with Gasteiger partial charge in [-0.15, -0.1) is 0 Å². The highest BCUT2D eigenvalue weighted by molar-refractivity contribution is 5.96. The van der Waals surface area contributed by atoms with Crippen molar-refractivity contribution in [3.8, 4) is 11.3 Å². The number of aliphatic hydroxyl groups excluding tert-OH is 1. The lowest BCUT2D eigenvalue weighted by molar-refractivity contribution is -0.206. The van der Waals surface area contributed by atoms with Crippen LogP contribution in [0.1, 0.15) is 17.2 Å². The number of nitrogens with zero attached hydrogens (tertiary/aromatic N) is 1. The zero-order chi connectivity index (χ0) is 16.6. The van der Waals surface area contributed by atoms with Crippen LogP contribution in [0.2, 0.25) is 0 Å². The molecule has 0 aliphatic heterocycles. The smallest absolute Gasteiger partial charge is 0.379 e. The Kier molecular flexibility index (Phi) is 3.82. The first-order valence-electron chi connectivity index (χ1n) is 7.07. The van der Waals surface area contributed by atoms with E-state index in [1.807, 2.05) is 31.2 Å². The summed E-state index contributed by atoms with van der Waals surface area (Å²) in [5.41, 5.74) is 2.27. The molecule has 0 aliphatic carbocycles. The predicted molar refractivity (Wildman–Crippen MR) is 82.9 cm³/mol. The third kappa shape index (κ3) is 2.92. The molecule has 5 heteroatoms. The minimum Gasteiger partial charge on any atom is -0.379 e. The summed E-state index contributed by atoms with van der Waals surface area (Å²) in [6.45, 7) is 1.96. The lowest BCUT2D eigenvalue weighted by Crippen LogP contribution is -2.19. The van der Waals surface area contributed by atoms with Crippen molar-refractivity contribution >= 4 is 10.8 Å². The van der Waals surface area contributed by atoms with Crippen molar-refractivity contribution in [3.63, 3.8) is 0 Å². The quantitative estimate of drug-likeness (QED) is 0.736. The third-order valence-corrected chi connectivity index (χ3v) is 3.80. The monoisotopic (exact) mass is 317 g/mol. The summed E-state index contributed by atoms with van der Waals surface area (Å²) < 4.78 is 37.6. The van der Waals surface area contributed by atoms with Crippen LogP contribution in [0.15, 0.2) is 54.7 Å². The van der Waals surface area contributed by atoms with Gasteiger partial charge in [0.2, 0.25) is 0 Å². The predicted octanol–water partition coefficient (Wildman–Crippen LogP) is 4.81. The minimum absolute atomic E-state index is 0.183. The molecule has 1 aromatic heterocycles. The van der Waals surface area contributed by atoms with Gasteiger partial charge in [0, 0.05) is 17.1 Å². The van der Waals surface area contributed by atoms with Gasteiger partial charge in [-0.05, 0) is 23.4 Å². The molecule has 3 rings (SSSR count). The van der Waals surface area contributed by atoms with Gasteiger partial charge in [0.15, 0.2) is 6.10 Å². The van der Waals surface area contributed by atoms with Crippen LogP contribution in [0.4, 0.5) is 13.2 Å². The molecule has 0 amide bonds. The largest absolute Gasteiger partial charge is 0.418 e. The number of aryl methyl sites for hydroxylation is 1. The Bertz CT molecular complexity index is 841. The van der Waals surface area contributed by atoms with Gasteiger partial charge in [-0.25, -0.2) is 0 Å². The van der Waals surface area contributed by atoms with Crippen molar-refractivity contribution in [3.05, 3.63) is 65.9 Å². The molecule has 2 nitrogen and oxygen atoms in total. The highest BCUT2D eigenvalue weighted by Gasteiger charge is 2.39. The second-order valence-corrected chi connectivity index (χ2v) is 5.40. The number of fused-ring (bicyclic) bond motifs is 1. The summed E-state index contributed by atoms with van der Waals surface area (Å²) >= 11 is 0. The van der Waals surface area contributed by atoms with Gasteiger partial charge in [-0.1, -0.05) is 48.5 Å². The van der Waals surface area contributed by atoms with E-state index in [4.69, 9.17) is 0 Å². The second kappa shape index (κ2) is 5.66. The molecule has 1 heterocycles. The topological polar surface area (TPSA) is 33.1 Å². The molecule has 0 radical (unpaired) electrons. The average molecular weight is 317 g/mol.